The SMILES string of the molecule is COc1cccc(C(=O)NC2CCN(Cc3ccc4ccc(COCCOCc5ccccc5)cc4c3)CC2)c1. The maximum absolute atomic E-state index is 12.7. The maximum atomic E-state index is 12.7. The van der Waals surface area contributed by atoms with Crippen molar-refractivity contribution >= 4 is 16.7 Å². The highest BCUT2D eigenvalue weighted by Gasteiger charge is 2.21. The summed E-state index contributed by atoms with van der Waals surface area (Å²) >= 11 is 0. The Balaban J connectivity index is 1.06. The van der Waals surface area contributed by atoms with E-state index in [1.54, 1.807) is 13.2 Å². The summed E-state index contributed by atoms with van der Waals surface area (Å²) in [5.74, 6) is 0.660. The summed E-state index contributed by atoms with van der Waals surface area (Å²) in [5.41, 5.74) is 4.28. The molecule has 4 aromatic rings. The van der Waals surface area contributed by atoms with Crippen molar-refractivity contribution in [3.05, 3.63) is 113 Å². The lowest BCUT2D eigenvalue weighted by atomic mass is 10.0. The minimum Gasteiger partial charge on any atom is -0.497 e. The largest absolute Gasteiger partial charge is 0.497 e. The predicted octanol–water partition coefficient (Wildman–Crippen LogP) is 5.98. The number of amides is 1. The van der Waals surface area contributed by atoms with E-state index < -0.39 is 0 Å². The lowest BCUT2D eigenvalue weighted by Crippen LogP contribution is -2.44. The summed E-state index contributed by atoms with van der Waals surface area (Å²) in [4.78, 5) is 15.1. The normalized spacial score (nSPS) is 14.3. The zero-order valence-electron chi connectivity index (χ0n) is 23.2. The van der Waals surface area contributed by atoms with Crippen molar-refractivity contribution in [3.8, 4) is 5.75 Å². The summed E-state index contributed by atoms with van der Waals surface area (Å²) in [6.07, 6.45) is 1.89. The third kappa shape index (κ3) is 7.92. The number of benzene rings is 4. The van der Waals surface area contributed by atoms with E-state index in [4.69, 9.17) is 14.2 Å². The van der Waals surface area contributed by atoms with Crippen molar-refractivity contribution in [1.82, 2.24) is 10.2 Å². The summed E-state index contributed by atoms with van der Waals surface area (Å²) in [5, 5.41) is 5.67. The molecule has 0 aromatic heterocycles. The van der Waals surface area contributed by atoms with Crippen LogP contribution in [-0.2, 0) is 29.2 Å². The number of methoxy groups -OCH3 is 1. The van der Waals surface area contributed by atoms with Gasteiger partial charge in [0.15, 0.2) is 0 Å². The number of rotatable bonds is 12. The molecule has 0 aliphatic carbocycles. The Morgan fingerprint density at radius 1 is 0.775 bits per heavy atom. The fraction of sp³-hybridized carbons (Fsp3) is 0.324. The van der Waals surface area contributed by atoms with Crippen molar-refractivity contribution in [2.24, 2.45) is 0 Å². The number of nitrogens with zero attached hydrogens (tertiary/aromatic N) is 1. The third-order valence-corrected chi connectivity index (χ3v) is 7.38. The highest BCUT2D eigenvalue weighted by Crippen LogP contribution is 2.21. The van der Waals surface area contributed by atoms with Crippen LogP contribution in [0.2, 0.25) is 0 Å². The molecule has 0 saturated carbocycles. The lowest BCUT2D eigenvalue weighted by molar-refractivity contribution is 0.0339. The summed E-state index contributed by atoms with van der Waals surface area (Å²) in [6, 6.07) is 30.9. The van der Waals surface area contributed by atoms with Crippen LogP contribution in [0.15, 0.2) is 91.0 Å². The predicted molar refractivity (Wildman–Crippen MR) is 158 cm³/mol. The maximum Gasteiger partial charge on any atom is 0.251 e. The van der Waals surface area contributed by atoms with Gasteiger partial charge < -0.3 is 19.5 Å². The fourth-order valence-electron chi connectivity index (χ4n) is 5.13. The molecule has 40 heavy (non-hydrogen) atoms. The number of fused-ring (bicyclic) bond motifs is 1. The van der Waals surface area contributed by atoms with Gasteiger partial charge in [-0.2, -0.15) is 0 Å². The Labute approximate surface area is 236 Å². The van der Waals surface area contributed by atoms with Gasteiger partial charge in [-0.1, -0.05) is 60.7 Å². The Bertz CT molecular complexity index is 1380. The number of hydrogen-bond donors (Lipinski definition) is 1. The Morgan fingerprint density at radius 2 is 1.48 bits per heavy atom. The smallest absolute Gasteiger partial charge is 0.251 e. The molecule has 1 fully saturated rings. The van der Waals surface area contributed by atoms with Crippen molar-refractivity contribution in [2.75, 3.05) is 33.4 Å². The van der Waals surface area contributed by atoms with Crippen LogP contribution in [0.5, 0.6) is 5.75 Å². The molecule has 6 heteroatoms. The van der Waals surface area contributed by atoms with Gasteiger partial charge >= 0.3 is 0 Å². The molecule has 208 valence electrons. The van der Waals surface area contributed by atoms with E-state index in [-0.39, 0.29) is 11.9 Å². The van der Waals surface area contributed by atoms with E-state index in [2.05, 4.69) is 58.7 Å². The van der Waals surface area contributed by atoms with Gasteiger partial charge in [0.1, 0.15) is 5.75 Å². The molecular formula is C34H38N2O4. The fourth-order valence-corrected chi connectivity index (χ4v) is 5.13. The first kappa shape index (κ1) is 27.8. The minimum atomic E-state index is -0.0358. The standard InChI is InChI=1S/C34H38N2O4/c1-38-33-9-5-8-30(22-33)34(37)35-32-14-16-36(17-15-32)23-27-10-12-29-13-11-28(21-31(29)20-27)25-40-19-18-39-24-26-6-3-2-4-7-26/h2-13,20-22,32H,14-19,23-25H2,1H3,(H,35,37). The van der Waals surface area contributed by atoms with E-state index in [0.29, 0.717) is 37.7 Å². The van der Waals surface area contributed by atoms with Crippen LogP contribution in [0.1, 0.15) is 39.9 Å². The molecule has 5 rings (SSSR count). The van der Waals surface area contributed by atoms with Gasteiger partial charge in [0.2, 0.25) is 0 Å². The summed E-state index contributed by atoms with van der Waals surface area (Å²) in [7, 11) is 1.61. The molecule has 0 radical (unpaired) electrons. The Morgan fingerprint density at radius 3 is 2.23 bits per heavy atom. The van der Waals surface area contributed by atoms with Crippen molar-refractivity contribution in [3.63, 3.8) is 0 Å². The molecule has 0 unspecified atom stereocenters. The zero-order chi connectivity index (χ0) is 27.6. The molecule has 1 saturated heterocycles. The van der Waals surface area contributed by atoms with E-state index >= 15 is 0 Å². The van der Waals surface area contributed by atoms with Crippen LogP contribution in [0, 0.1) is 0 Å². The first-order chi connectivity index (χ1) is 19.7. The van der Waals surface area contributed by atoms with E-state index in [1.165, 1.54) is 27.5 Å². The summed E-state index contributed by atoms with van der Waals surface area (Å²) in [6.45, 7) is 5.16. The number of carbonyl (C=O) groups is 1. The van der Waals surface area contributed by atoms with Crippen LogP contribution in [0.3, 0.4) is 0 Å². The molecule has 4 aromatic carbocycles. The Kier molecular flexibility index (Phi) is 9.80. The highest BCUT2D eigenvalue weighted by molar-refractivity contribution is 5.94. The van der Waals surface area contributed by atoms with Crippen molar-refractivity contribution < 1.29 is 19.0 Å². The van der Waals surface area contributed by atoms with Gasteiger partial charge in [-0.05, 0) is 70.6 Å². The van der Waals surface area contributed by atoms with Crippen molar-refractivity contribution in [1.29, 1.82) is 0 Å². The van der Waals surface area contributed by atoms with E-state index in [1.807, 2.05) is 36.4 Å². The number of piperidine rings is 1. The number of carbonyl (C=O) groups excluding carboxylic acids is 1. The second-order valence-corrected chi connectivity index (χ2v) is 10.4. The van der Waals surface area contributed by atoms with Crippen LogP contribution in [0.25, 0.3) is 10.8 Å². The highest BCUT2D eigenvalue weighted by atomic mass is 16.5. The monoisotopic (exact) mass is 538 g/mol. The van der Waals surface area contributed by atoms with E-state index in [0.717, 1.165) is 32.5 Å². The van der Waals surface area contributed by atoms with Crippen LogP contribution >= 0.6 is 0 Å². The first-order valence-electron chi connectivity index (χ1n) is 14.0. The molecule has 1 aliphatic heterocycles. The van der Waals surface area contributed by atoms with Crippen LogP contribution < -0.4 is 10.1 Å². The molecule has 1 amide bonds. The molecule has 0 spiro atoms. The first-order valence-corrected chi connectivity index (χ1v) is 14.0. The molecular weight excluding hydrogens is 500 g/mol. The molecule has 1 N–H and O–H groups in total. The Hall–Kier alpha value is -3.71. The topological polar surface area (TPSA) is 60.0 Å². The van der Waals surface area contributed by atoms with Crippen LogP contribution in [-0.4, -0.2) is 50.3 Å². The number of hydrogen-bond acceptors (Lipinski definition) is 5. The van der Waals surface area contributed by atoms with Gasteiger partial charge in [0.05, 0.1) is 33.5 Å². The third-order valence-electron chi connectivity index (χ3n) is 7.38. The molecule has 1 heterocycles. The van der Waals surface area contributed by atoms with E-state index in [9.17, 15) is 4.79 Å². The number of likely N-dealkylation sites (tertiary alicyclic amines) is 1. The van der Waals surface area contributed by atoms with Gasteiger partial charge in [0, 0.05) is 31.2 Å². The second kappa shape index (κ2) is 14.1. The number of ether oxygens (including phenoxy) is 3. The molecule has 0 bridgehead atoms. The minimum absolute atomic E-state index is 0.0358. The average Bonchev–Trinajstić information content (AvgIpc) is 3.00. The van der Waals surface area contributed by atoms with Gasteiger partial charge in [-0.3, -0.25) is 9.69 Å². The van der Waals surface area contributed by atoms with Crippen LogP contribution in [0.4, 0.5) is 0 Å². The lowest BCUT2D eigenvalue weighted by Gasteiger charge is -2.32. The molecule has 0 atom stereocenters. The summed E-state index contributed by atoms with van der Waals surface area (Å²) < 4.78 is 16.8. The van der Waals surface area contributed by atoms with Crippen molar-refractivity contribution in [2.45, 2.75) is 38.6 Å². The second-order valence-electron chi connectivity index (χ2n) is 10.4. The average molecular weight is 539 g/mol. The quantitative estimate of drug-likeness (QED) is 0.225. The zero-order valence-corrected chi connectivity index (χ0v) is 23.2. The van der Waals surface area contributed by atoms with Gasteiger partial charge in [-0.25, -0.2) is 0 Å². The van der Waals surface area contributed by atoms with Gasteiger partial charge in [0.25, 0.3) is 5.91 Å². The number of nitrogens with one attached hydrogen (secondary N) is 1. The molecule has 1 aliphatic rings. The molecule has 6 nitrogen and oxygen atoms in total. The van der Waals surface area contributed by atoms with Gasteiger partial charge in [-0.15, -0.1) is 0 Å².